The molecule has 0 bridgehead atoms. The van der Waals surface area contributed by atoms with E-state index in [0.29, 0.717) is 0 Å². The Labute approximate surface area is 91.1 Å². The van der Waals surface area contributed by atoms with E-state index in [1.165, 1.54) is 18.2 Å². The van der Waals surface area contributed by atoms with Gasteiger partial charge in [0.15, 0.2) is 0 Å². The van der Waals surface area contributed by atoms with Gasteiger partial charge in [-0.1, -0.05) is 18.2 Å². The van der Waals surface area contributed by atoms with E-state index in [1.54, 1.807) is 6.07 Å². The zero-order valence-corrected chi connectivity index (χ0v) is 9.28. The van der Waals surface area contributed by atoms with E-state index in [1.807, 2.05) is 0 Å². The normalized spacial score (nSPS) is 13.9. The fourth-order valence-electron chi connectivity index (χ4n) is 0.994. The molecule has 1 aromatic carbocycles. The lowest BCUT2D eigenvalue weighted by molar-refractivity contribution is 0.599. The van der Waals surface area contributed by atoms with E-state index in [0.717, 1.165) is 0 Å². The molecular formula is C8H7Cl2FO2S. The molecule has 1 unspecified atom stereocenters. The van der Waals surface area contributed by atoms with Crippen LogP contribution in [0.25, 0.3) is 0 Å². The Morgan fingerprint density at radius 2 is 1.93 bits per heavy atom. The summed E-state index contributed by atoms with van der Waals surface area (Å²) in [7, 11) is 1.28. The highest BCUT2D eigenvalue weighted by atomic mass is 35.7. The summed E-state index contributed by atoms with van der Waals surface area (Å²) in [6.45, 7) is 0. The third-order valence-electron chi connectivity index (χ3n) is 1.59. The molecular weight excluding hydrogens is 250 g/mol. The molecule has 0 aromatic heterocycles. The first kappa shape index (κ1) is 11.8. The van der Waals surface area contributed by atoms with Gasteiger partial charge in [-0.3, -0.25) is 0 Å². The second kappa shape index (κ2) is 4.47. The van der Waals surface area contributed by atoms with Crippen molar-refractivity contribution in [3.05, 3.63) is 35.6 Å². The number of alkyl halides is 1. The van der Waals surface area contributed by atoms with Gasteiger partial charge in [0.05, 0.1) is 11.1 Å². The van der Waals surface area contributed by atoms with E-state index in [9.17, 15) is 12.8 Å². The van der Waals surface area contributed by atoms with Crippen molar-refractivity contribution in [2.45, 2.75) is 5.38 Å². The predicted molar refractivity (Wildman–Crippen MR) is 54.6 cm³/mol. The van der Waals surface area contributed by atoms with Crippen molar-refractivity contribution in [1.82, 2.24) is 0 Å². The Morgan fingerprint density at radius 3 is 2.43 bits per heavy atom. The maximum Gasteiger partial charge on any atom is 0.234 e. The van der Waals surface area contributed by atoms with Crippen LogP contribution in [0.4, 0.5) is 4.39 Å². The van der Waals surface area contributed by atoms with Crippen LogP contribution in [0.2, 0.25) is 0 Å². The SMILES string of the molecule is O=S(=O)(Cl)CC(Cl)c1ccccc1F. The lowest BCUT2D eigenvalue weighted by Gasteiger charge is -2.07. The maximum atomic E-state index is 13.1. The van der Waals surface area contributed by atoms with Gasteiger partial charge < -0.3 is 0 Å². The summed E-state index contributed by atoms with van der Waals surface area (Å²) in [5.74, 6) is -1.02. The molecule has 0 fully saturated rings. The van der Waals surface area contributed by atoms with E-state index < -0.39 is 26.0 Å². The van der Waals surface area contributed by atoms with Crippen molar-refractivity contribution in [3.8, 4) is 0 Å². The van der Waals surface area contributed by atoms with Crippen LogP contribution in [-0.2, 0) is 9.05 Å². The quantitative estimate of drug-likeness (QED) is 0.616. The molecule has 14 heavy (non-hydrogen) atoms. The zero-order chi connectivity index (χ0) is 10.8. The molecule has 2 nitrogen and oxygen atoms in total. The molecule has 0 aliphatic carbocycles. The summed E-state index contributed by atoms with van der Waals surface area (Å²) >= 11 is 5.69. The first-order valence-corrected chi connectivity index (χ1v) is 6.62. The van der Waals surface area contributed by atoms with Gasteiger partial charge in [0, 0.05) is 16.2 Å². The van der Waals surface area contributed by atoms with Gasteiger partial charge in [0.2, 0.25) is 9.05 Å². The molecule has 6 heteroatoms. The standard InChI is InChI=1S/C8H7Cl2FO2S/c9-7(5-14(10,12)13)6-3-1-2-4-8(6)11/h1-4,7H,5H2. The molecule has 0 heterocycles. The summed E-state index contributed by atoms with van der Waals surface area (Å²) in [5.41, 5.74) is 0.137. The molecule has 0 aliphatic rings. The van der Waals surface area contributed by atoms with Crippen LogP contribution in [0.3, 0.4) is 0 Å². The lowest BCUT2D eigenvalue weighted by Crippen LogP contribution is -2.06. The van der Waals surface area contributed by atoms with Crippen molar-refractivity contribution in [3.63, 3.8) is 0 Å². The van der Waals surface area contributed by atoms with Crippen LogP contribution in [0.1, 0.15) is 10.9 Å². The fourth-order valence-corrected chi connectivity index (χ4v) is 2.77. The average molecular weight is 257 g/mol. The minimum atomic E-state index is -3.71. The molecule has 0 aliphatic heterocycles. The molecule has 0 saturated carbocycles. The number of rotatable bonds is 3. The molecule has 0 spiro atoms. The first-order chi connectivity index (χ1) is 6.40. The smallest absolute Gasteiger partial charge is 0.212 e. The van der Waals surface area contributed by atoms with Crippen LogP contribution < -0.4 is 0 Å². The highest BCUT2D eigenvalue weighted by molar-refractivity contribution is 8.13. The van der Waals surface area contributed by atoms with Crippen molar-refractivity contribution in [2.24, 2.45) is 0 Å². The summed E-state index contributed by atoms with van der Waals surface area (Å²) in [5, 5.41) is -0.960. The minimum absolute atomic E-state index is 0.137. The maximum absolute atomic E-state index is 13.1. The van der Waals surface area contributed by atoms with Crippen LogP contribution in [-0.4, -0.2) is 14.2 Å². The average Bonchev–Trinajstić information content (AvgIpc) is 2.01. The molecule has 1 atom stereocenters. The van der Waals surface area contributed by atoms with Crippen LogP contribution in [0.15, 0.2) is 24.3 Å². The summed E-state index contributed by atoms with van der Waals surface area (Å²) in [6.07, 6.45) is 0. The third kappa shape index (κ3) is 3.44. The van der Waals surface area contributed by atoms with E-state index in [2.05, 4.69) is 0 Å². The minimum Gasteiger partial charge on any atom is -0.212 e. The Bertz CT molecular complexity index is 419. The van der Waals surface area contributed by atoms with Crippen molar-refractivity contribution in [2.75, 3.05) is 5.75 Å². The summed E-state index contributed by atoms with van der Waals surface area (Å²) in [4.78, 5) is 0. The van der Waals surface area contributed by atoms with Gasteiger partial charge >= 0.3 is 0 Å². The third-order valence-corrected chi connectivity index (χ3v) is 3.27. The molecule has 1 aromatic rings. The van der Waals surface area contributed by atoms with E-state index in [-0.39, 0.29) is 5.56 Å². The Kier molecular flexibility index (Phi) is 3.75. The van der Waals surface area contributed by atoms with E-state index in [4.69, 9.17) is 22.3 Å². The van der Waals surface area contributed by atoms with Crippen LogP contribution in [0.5, 0.6) is 0 Å². The monoisotopic (exact) mass is 256 g/mol. The molecule has 1 rings (SSSR count). The number of hydrogen-bond acceptors (Lipinski definition) is 2. The van der Waals surface area contributed by atoms with Gasteiger partial charge in [-0.25, -0.2) is 12.8 Å². The van der Waals surface area contributed by atoms with Crippen LogP contribution >= 0.6 is 22.3 Å². The number of benzene rings is 1. The predicted octanol–water partition coefficient (Wildman–Crippen LogP) is 2.67. The Hall–Kier alpha value is -0.320. The zero-order valence-electron chi connectivity index (χ0n) is 6.95. The van der Waals surface area contributed by atoms with Gasteiger partial charge in [-0.15, -0.1) is 11.6 Å². The van der Waals surface area contributed by atoms with E-state index >= 15 is 0 Å². The molecule has 0 radical (unpaired) electrons. The van der Waals surface area contributed by atoms with Crippen molar-refractivity contribution >= 4 is 31.3 Å². The molecule has 0 saturated heterocycles. The lowest BCUT2D eigenvalue weighted by atomic mass is 10.1. The second-order valence-electron chi connectivity index (χ2n) is 2.69. The molecule has 0 N–H and O–H groups in total. The van der Waals surface area contributed by atoms with Crippen molar-refractivity contribution < 1.29 is 12.8 Å². The number of halogens is 3. The van der Waals surface area contributed by atoms with Gasteiger partial charge in [0.25, 0.3) is 0 Å². The summed E-state index contributed by atoms with van der Waals surface area (Å²) in [6, 6.07) is 5.72. The molecule has 0 amide bonds. The topological polar surface area (TPSA) is 34.1 Å². The van der Waals surface area contributed by atoms with Gasteiger partial charge in [-0.05, 0) is 6.07 Å². The Morgan fingerprint density at radius 1 is 1.36 bits per heavy atom. The second-order valence-corrected chi connectivity index (χ2v) is 6.04. The Balaban J connectivity index is 2.90. The van der Waals surface area contributed by atoms with Gasteiger partial charge in [0.1, 0.15) is 5.82 Å². The molecule has 78 valence electrons. The fraction of sp³-hybridized carbons (Fsp3) is 0.250. The number of hydrogen-bond donors (Lipinski definition) is 0. The first-order valence-electron chi connectivity index (χ1n) is 3.71. The highest BCUT2D eigenvalue weighted by Gasteiger charge is 2.18. The van der Waals surface area contributed by atoms with Gasteiger partial charge in [-0.2, -0.15) is 0 Å². The van der Waals surface area contributed by atoms with Crippen LogP contribution in [0, 0.1) is 5.82 Å². The largest absolute Gasteiger partial charge is 0.234 e. The summed E-state index contributed by atoms with van der Waals surface area (Å²) < 4.78 is 34.5. The highest BCUT2D eigenvalue weighted by Crippen LogP contribution is 2.25. The van der Waals surface area contributed by atoms with Crippen molar-refractivity contribution in [1.29, 1.82) is 0 Å².